The third kappa shape index (κ3) is 4.01. The molecule has 1 aromatic carbocycles. The first-order chi connectivity index (χ1) is 8.86. The van der Waals surface area contributed by atoms with Crippen molar-refractivity contribution < 1.29 is 14.3 Å². The SMILES string of the molecule is CCOC(=O)C(C)NC(=O)c1cc(N)cc(Cl)c1Cl. The summed E-state index contributed by atoms with van der Waals surface area (Å²) in [4.78, 5) is 23.4. The van der Waals surface area contributed by atoms with E-state index in [4.69, 9.17) is 33.7 Å². The fraction of sp³-hybridized carbons (Fsp3) is 0.333. The summed E-state index contributed by atoms with van der Waals surface area (Å²) in [7, 11) is 0. The Hall–Kier alpha value is -1.46. The highest BCUT2D eigenvalue weighted by Gasteiger charge is 2.20. The molecule has 0 aromatic heterocycles. The second kappa shape index (κ2) is 6.63. The van der Waals surface area contributed by atoms with Gasteiger partial charge in [0.1, 0.15) is 6.04 Å². The summed E-state index contributed by atoms with van der Waals surface area (Å²) >= 11 is 11.7. The molecule has 0 bridgehead atoms. The van der Waals surface area contributed by atoms with E-state index in [9.17, 15) is 9.59 Å². The topological polar surface area (TPSA) is 81.4 Å². The molecule has 1 unspecified atom stereocenters. The molecule has 7 heteroatoms. The summed E-state index contributed by atoms with van der Waals surface area (Å²) in [5, 5.41) is 2.73. The molecule has 0 fully saturated rings. The largest absolute Gasteiger partial charge is 0.464 e. The molecular formula is C12H14Cl2N2O3. The van der Waals surface area contributed by atoms with Crippen LogP contribution in [0.1, 0.15) is 24.2 Å². The number of carbonyl (C=O) groups is 2. The van der Waals surface area contributed by atoms with Crippen LogP contribution in [0.3, 0.4) is 0 Å². The first-order valence-electron chi connectivity index (χ1n) is 5.58. The van der Waals surface area contributed by atoms with Crippen molar-refractivity contribution >= 4 is 40.8 Å². The molecule has 0 aliphatic carbocycles. The Balaban J connectivity index is 2.87. The van der Waals surface area contributed by atoms with Gasteiger partial charge in [-0.3, -0.25) is 4.79 Å². The van der Waals surface area contributed by atoms with E-state index in [0.29, 0.717) is 5.69 Å². The van der Waals surface area contributed by atoms with Crippen molar-refractivity contribution in [1.82, 2.24) is 5.32 Å². The van der Waals surface area contributed by atoms with Gasteiger partial charge >= 0.3 is 5.97 Å². The van der Waals surface area contributed by atoms with Gasteiger partial charge in [0, 0.05) is 5.69 Å². The molecule has 0 heterocycles. The van der Waals surface area contributed by atoms with Gasteiger partial charge in [-0.05, 0) is 26.0 Å². The molecular weight excluding hydrogens is 291 g/mol. The number of anilines is 1. The normalized spacial score (nSPS) is 11.8. The number of nitrogens with two attached hydrogens (primary N) is 1. The number of rotatable bonds is 4. The molecule has 1 aromatic rings. The van der Waals surface area contributed by atoms with Gasteiger partial charge in [-0.1, -0.05) is 23.2 Å². The van der Waals surface area contributed by atoms with Crippen molar-refractivity contribution in [2.24, 2.45) is 0 Å². The molecule has 0 saturated heterocycles. The van der Waals surface area contributed by atoms with Crippen molar-refractivity contribution in [1.29, 1.82) is 0 Å². The number of benzene rings is 1. The van der Waals surface area contributed by atoms with E-state index >= 15 is 0 Å². The van der Waals surface area contributed by atoms with Gasteiger partial charge in [0.05, 0.1) is 22.2 Å². The Morgan fingerprint density at radius 1 is 1.42 bits per heavy atom. The van der Waals surface area contributed by atoms with Crippen molar-refractivity contribution in [3.63, 3.8) is 0 Å². The van der Waals surface area contributed by atoms with E-state index in [0.717, 1.165) is 0 Å². The van der Waals surface area contributed by atoms with Gasteiger partial charge in [-0.15, -0.1) is 0 Å². The monoisotopic (exact) mass is 304 g/mol. The number of carbonyl (C=O) groups excluding carboxylic acids is 2. The molecule has 1 atom stereocenters. The molecule has 1 rings (SSSR count). The minimum absolute atomic E-state index is 0.0874. The lowest BCUT2D eigenvalue weighted by Crippen LogP contribution is -2.39. The molecule has 0 aliphatic heterocycles. The van der Waals surface area contributed by atoms with Crippen LogP contribution in [-0.2, 0) is 9.53 Å². The summed E-state index contributed by atoms with van der Waals surface area (Å²) in [5.74, 6) is -1.07. The first-order valence-corrected chi connectivity index (χ1v) is 6.34. The minimum atomic E-state index is -0.788. The van der Waals surface area contributed by atoms with E-state index < -0.39 is 17.9 Å². The van der Waals surface area contributed by atoms with E-state index in [1.54, 1.807) is 6.92 Å². The zero-order valence-corrected chi connectivity index (χ0v) is 12.0. The van der Waals surface area contributed by atoms with Crippen LogP contribution in [0.25, 0.3) is 0 Å². The third-order valence-electron chi connectivity index (χ3n) is 2.28. The number of ether oxygens (including phenoxy) is 1. The van der Waals surface area contributed by atoms with Crippen LogP contribution in [0, 0.1) is 0 Å². The molecule has 0 spiro atoms. The highest BCUT2D eigenvalue weighted by Crippen LogP contribution is 2.28. The van der Waals surface area contributed by atoms with Gasteiger partial charge in [0.15, 0.2) is 0 Å². The Labute approximate surface area is 121 Å². The summed E-state index contributed by atoms with van der Waals surface area (Å²) in [6.07, 6.45) is 0. The van der Waals surface area contributed by atoms with Crippen LogP contribution >= 0.6 is 23.2 Å². The molecule has 1 amide bonds. The lowest BCUT2D eigenvalue weighted by molar-refractivity contribution is -0.144. The number of esters is 1. The summed E-state index contributed by atoms with van der Waals surface area (Å²) in [5.41, 5.74) is 6.01. The molecule has 104 valence electrons. The maximum absolute atomic E-state index is 12.0. The highest BCUT2D eigenvalue weighted by atomic mass is 35.5. The minimum Gasteiger partial charge on any atom is -0.464 e. The van der Waals surface area contributed by atoms with Crippen LogP contribution in [-0.4, -0.2) is 24.5 Å². The number of nitrogens with one attached hydrogen (secondary N) is 1. The molecule has 19 heavy (non-hydrogen) atoms. The molecule has 0 saturated carbocycles. The Morgan fingerprint density at radius 2 is 2.05 bits per heavy atom. The number of nitrogen functional groups attached to an aromatic ring is 1. The first kappa shape index (κ1) is 15.6. The van der Waals surface area contributed by atoms with Crippen molar-refractivity contribution in [2.75, 3.05) is 12.3 Å². The predicted octanol–water partition coefficient (Wildman–Crippen LogP) is 2.26. The van der Waals surface area contributed by atoms with Gasteiger partial charge < -0.3 is 15.8 Å². The molecule has 3 N–H and O–H groups in total. The van der Waals surface area contributed by atoms with E-state index in [-0.39, 0.29) is 22.2 Å². The van der Waals surface area contributed by atoms with Crippen LogP contribution in [0.2, 0.25) is 10.0 Å². The summed E-state index contributed by atoms with van der Waals surface area (Å²) in [6, 6.07) is 2.04. The average molecular weight is 305 g/mol. The van der Waals surface area contributed by atoms with Crippen molar-refractivity contribution in [3.05, 3.63) is 27.7 Å². The highest BCUT2D eigenvalue weighted by molar-refractivity contribution is 6.44. The lowest BCUT2D eigenvalue weighted by atomic mass is 10.1. The van der Waals surface area contributed by atoms with E-state index in [2.05, 4.69) is 5.32 Å². The van der Waals surface area contributed by atoms with Crippen LogP contribution < -0.4 is 11.1 Å². The van der Waals surface area contributed by atoms with Crippen LogP contribution in [0.5, 0.6) is 0 Å². The average Bonchev–Trinajstić information content (AvgIpc) is 2.33. The summed E-state index contributed by atoms with van der Waals surface area (Å²) in [6.45, 7) is 3.43. The van der Waals surface area contributed by atoms with Crippen LogP contribution in [0.4, 0.5) is 5.69 Å². The van der Waals surface area contributed by atoms with Crippen molar-refractivity contribution in [3.8, 4) is 0 Å². The third-order valence-corrected chi connectivity index (χ3v) is 3.08. The van der Waals surface area contributed by atoms with Gasteiger partial charge in [-0.2, -0.15) is 0 Å². The predicted molar refractivity (Wildman–Crippen MR) is 74.4 cm³/mol. The molecule has 5 nitrogen and oxygen atoms in total. The zero-order chi connectivity index (χ0) is 14.6. The Morgan fingerprint density at radius 3 is 2.63 bits per heavy atom. The number of hydrogen-bond acceptors (Lipinski definition) is 4. The fourth-order valence-electron chi connectivity index (χ4n) is 1.38. The number of amides is 1. The van der Waals surface area contributed by atoms with Gasteiger partial charge in [-0.25, -0.2) is 4.79 Å². The number of halogens is 2. The maximum Gasteiger partial charge on any atom is 0.328 e. The van der Waals surface area contributed by atoms with E-state index in [1.165, 1.54) is 19.1 Å². The maximum atomic E-state index is 12.0. The Bertz CT molecular complexity index is 506. The zero-order valence-electron chi connectivity index (χ0n) is 10.5. The molecule has 0 aliphatic rings. The van der Waals surface area contributed by atoms with Gasteiger partial charge in [0.2, 0.25) is 0 Å². The quantitative estimate of drug-likeness (QED) is 0.660. The van der Waals surface area contributed by atoms with Gasteiger partial charge in [0.25, 0.3) is 5.91 Å². The summed E-state index contributed by atoms with van der Waals surface area (Å²) < 4.78 is 4.78. The fourth-order valence-corrected chi connectivity index (χ4v) is 1.80. The Kier molecular flexibility index (Phi) is 5.44. The number of hydrogen-bond donors (Lipinski definition) is 2. The second-order valence-corrected chi connectivity index (χ2v) is 4.60. The smallest absolute Gasteiger partial charge is 0.328 e. The standard InChI is InChI=1S/C12H14Cl2N2O3/c1-3-19-12(18)6(2)16-11(17)8-4-7(15)5-9(13)10(8)14/h4-6H,3,15H2,1-2H3,(H,16,17). The van der Waals surface area contributed by atoms with Crippen LogP contribution in [0.15, 0.2) is 12.1 Å². The molecule has 0 radical (unpaired) electrons. The second-order valence-electron chi connectivity index (χ2n) is 3.81. The lowest BCUT2D eigenvalue weighted by Gasteiger charge is -2.14. The van der Waals surface area contributed by atoms with Crippen molar-refractivity contribution in [2.45, 2.75) is 19.9 Å². The van der Waals surface area contributed by atoms with E-state index in [1.807, 2.05) is 0 Å².